The summed E-state index contributed by atoms with van der Waals surface area (Å²) >= 11 is 6.18. The lowest BCUT2D eigenvalue weighted by molar-refractivity contribution is -0.164. The van der Waals surface area contributed by atoms with Crippen LogP contribution in [0.3, 0.4) is 0 Å². The molecular formula is C28H34ClN3O3. The second kappa shape index (κ2) is 9.72. The largest absolute Gasteiger partial charge is 0.489 e. The number of hydrogen-bond acceptors (Lipinski definition) is 5. The summed E-state index contributed by atoms with van der Waals surface area (Å²) in [4.78, 5) is 15.4. The fourth-order valence-electron chi connectivity index (χ4n) is 6.01. The third kappa shape index (κ3) is 4.85. The topological polar surface area (TPSA) is 85.6 Å². The van der Waals surface area contributed by atoms with E-state index in [2.05, 4.69) is 44.0 Å². The number of amides is 1. The average molecular weight is 496 g/mol. The van der Waals surface area contributed by atoms with E-state index in [1.807, 2.05) is 24.3 Å². The van der Waals surface area contributed by atoms with Crippen molar-refractivity contribution in [3.8, 4) is 11.8 Å². The van der Waals surface area contributed by atoms with E-state index in [1.165, 1.54) is 0 Å². The Kier molecular flexibility index (Phi) is 7.04. The Morgan fingerprint density at radius 1 is 1.14 bits per heavy atom. The number of halogens is 1. The van der Waals surface area contributed by atoms with E-state index in [0.29, 0.717) is 27.8 Å². The SMILES string of the molecule is CC1(C)[C@H](NC(=O)c2ccc(N3CCC(CO)CC3)cc2)C(C)(C)[C@H]1Oc1ccc(C#N)c(Cl)c1. The molecule has 2 aliphatic rings. The van der Waals surface area contributed by atoms with E-state index >= 15 is 0 Å². The van der Waals surface area contributed by atoms with Crippen molar-refractivity contribution in [1.29, 1.82) is 5.26 Å². The Morgan fingerprint density at radius 3 is 2.31 bits per heavy atom. The predicted molar refractivity (Wildman–Crippen MR) is 138 cm³/mol. The Hall–Kier alpha value is -2.75. The van der Waals surface area contributed by atoms with Crippen LogP contribution in [0.15, 0.2) is 42.5 Å². The summed E-state index contributed by atoms with van der Waals surface area (Å²) in [6, 6.07) is 14.8. The molecule has 1 aliphatic heterocycles. The standard InChI is InChI=1S/C28H34ClN3O3/c1-27(2)25(28(3,4)26(27)35-22-10-7-20(16-30)23(29)15-22)31-24(34)19-5-8-21(9-6-19)32-13-11-18(17-33)12-14-32/h5-10,15,18,25-26,33H,11-14,17H2,1-4H3,(H,31,34)/t25-,26-. The first-order chi connectivity index (χ1) is 16.6. The molecule has 0 unspecified atom stereocenters. The molecule has 4 rings (SSSR count). The molecule has 7 heteroatoms. The summed E-state index contributed by atoms with van der Waals surface area (Å²) in [6.07, 6.45) is 1.83. The molecule has 2 N–H and O–H groups in total. The van der Waals surface area contributed by atoms with Gasteiger partial charge in [-0.15, -0.1) is 0 Å². The van der Waals surface area contributed by atoms with Crippen LogP contribution in [0.2, 0.25) is 5.02 Å². The van der Waals surface area contributed by atoms with Gasteiger partial charge in [-0.05, 0) is 55.2 Å². The molecule has 2 aromatic rings. The second-order valence-electron chi connectivity index (χ2n) is 11.0. The van der Waals surface area contributed by atoms with Crippen LogP contribution in [-0.2, 0) is 0 Å². The molecule has 186 valence electrons. The average Bonchev–Trinajstić information content (AvgIpc) is 2.85. The van der Waals surface area contributed by atoms with Crippen LogP contribution in [0.1, 0.15) is 56.5 Å². The summed E-state index contributed by atoms with van der Waals surface area (Å²) in [5, 5.41) is 22.1. The van der Waals surface area contributed by atoms with Crippen LogP contribution in [0.25, 0.3) is 0 Å². The van der Waals surface area contributed by atoms with E-state index in [1.54, 1.807) is 18.2 Å². The Bertz CT molecular complexity index is 1100. The Labute approximate surface area is 212 Å². The van der Waals surface area contributed by atoms with Gasteiger partial charge in [0.15, 0.2) is 0 Å². The number of ether oxygens (including phenoxy) is 1. The number of benzene rings is 2. The van der Waals surface area contributed by atoms with Crippen LogP contribution in [0.4, 0.5) is 5.69 Å². The van der Waals surface area contributed by atoms with Gasteiger partial charge >= 0.3 is 0 Å². The highest BCUT2D eigenvalue weighted by Gasteiger charge is 2.64. The van der Waals surface area contributed by atoms with Gasteiger partial charge in [0, 0.05) is 53.9 Å². The van der Waals surface area contributed by atoms with Crippen LogP contribution < -0.4 is 15.0 Å². The molecule has 35 heavy (non-hydrogen) atoms. The number of carbonyl (C=O) groups excluding carboxylic acids is 1. The van der Waals surface area contributed by atoms with Gasteiger partial charge in [0.05, 0.1) is 10.6 Å². The molecule has 1 saturated carbocycles. The molecule has 2 fully saturated rings. The number of rotatable bonds is 6. The minimum absolute atomic E-state index is 0.0847. The number of nitrogens with zero attached hydrogens (tertiary/aromatic N) is 2. The van der Waals surface area contributed by atoms with Crippen molar-refractivity contribution in [2.24, 2.45) is 16.7 Å². The van der Waals surface area contributed by atoms with Crippen molar-refractivity contribution in [3.63, 3.8) is 0 Å². The maximum absolute atomic E-state index is 13.1. The van der Waals surface area contributed by atoms with Crippen molar-refractivity contribution < 1.29 is 14.6 Å². The molecule has 0 radical (unpaired) electrons. The number of piperidine rings is 1. The van der Waals surface area contributed by atoms with Gasteiger partial charge in [-0.3, -0.25) is 4.79 Å². The summed E-state index contributed by atoms with van der Waals surface area (Å²) in [6.45, 7) is 10.5. The number of aliphatic hydroxyl groups excluding tert-OH is 1. The maximum Gasteiger partial charge on any atom is 0.251 e. The third-order valence-corrected chi connectivity index (χ3v) is 8.11. The number of aliphatic hydroxyl groups is 1. The summed E-state index contributed by atoms with van der Waals surface area (Å²) in [5.74, 6) is 0.914. The highest BCUT2D eigenvalue weighted by Crippen LogP contribution is 2.55. The van der Waals surface area contributed by atoms with Crippen molar-refractivity contribution >= 4 is 23.2 Å². The number of hydrogen-bond donors (Lipinski definition) is 2. The molecule has 0 bridgehead atoms. The van der Waals surface area contributed by atoms with E-state index in [9.17, 15) is 9.90 Å². The highest BCUT2D eigenvalue weighted by atomic mass is 35.5. The van der Waals surface area contributed by atoms with Gasteiger partial charge in [0.2, 0.25) is 0 Å². The first-order valence-corrected chi connectivity index (χ1v) is 12.6. The molecule has 1 amide bonds. The van der Waals surface area contributed by atoms with Crippen molar-refractivity contribution in [1.82, 2.24) is 5.32 Å². The lowest BCUT2D eigenvalue weighted by Gasteiger charge is -2.63. The van der Waals surface area contributed by atoms with Crippen molar-refractivity contribution in [2.75, 3.05) is 24.6 Å². The third-order valence-electron chi connectivity index (χ3n) is 7.80. The van der Waals surface area contributed by atoms with E-state index in [4.69, 9.17) is 21.6 Å². The molecule has 0 aromatic heterocycles. The summed E-state index contributed by atoms with van der Waals surface area (Å²) < 4.78 is 6.31. The zero-order valence-electron chi connectivity index (χ0n) is 20.8. The number of anilines is 1. The van der Waals surface area contributed by atoms with Gasteiger partial charge in [-0.1, -0.05) is 39.3 Å². The molecule has 0 atom stereocenters. The number of nitrogens with one attached hydrogen (secondary N) is 1. The monoisotopic (exact) mass is 495 g/mol. The van der Waals surface area contributed by atoms with Crippen molar-refractivity contribution in [3.05, 3.63) is 58.6 Å². The van der Waals surface area contributed by atoms with Crippen LogP contribution in [0, 0.1) is 28.1 Å². The van der Waals surface area contributed by atoms with Gasteiger partial charge in [-0.25, -0.2) is 0 Å². The van der Waals surface area contributed by atoms with Gasteiger partial charge in [0.1, 0.15) is 17.9 Å². The molecule has 1 aliphatic carbocycles. The first-order valence-electron chi connectivity index (χ1n) is 12.2. The van der Waals surface area contributed by atoms with Crippen molar-refractivity contribution in [2.45, 2.75) is 52.7 Å². The molecule has 1 heterocycles. The van der Waals surface area contributed by atoms with E-state index in [-0.39, 0.29) is 35.5 Å². The number of nitriles is 1. The normalized spacial score (nSPS) is 23.2. The molecule has 6 nitrogen and oxygen atoms in total. The lowest BCUT2D eigenvalue weighted by Crippen LogP contribution is -2.74. The molecule has 2 aromatic carbocycles. The predicted octanol–water partition coefficient (Wildman–Crippen LogP) is 5.03. The van der Waals surface area contributed by atoms with Gasteiger partial charge in [-0.2, -0.15) is 5.26 Å². The summed E-state index contributed by atoms with van der Waals surface area (Å²) in [7, 11) is 0. The van der Waals surface area contributed by atoms with Crippen LogP contribution >= 0.6 is 11.6 Å². The van der Waals surface area contributed by atoms with Crippen LogP contribution in [-0.4, -0.2) is 42.9 Å². The minimum Gasteiger partial charge on any atom is -0.489 e. The van der Waals surface area contributed by atoms with E-state index < -0.39 is 0 Å². The smallest absolute Gasteiger partial charge is 0.251 e. The first kappa shape index (κ1) is 25.3. The van der Waals surface area contributed by atoms with Crippen LogP contribution in [0.5, 0.6) is 5.75 Å². The van der Waals surface area contributed by atoms with Gasteiger partial charge in [0.25, 0.3) is 5.91 Å². The Balaban J connectivity index is 1.40. The van der Waals surface area contributed by atoms with E-state index in [0.717, 1.165) is 31.6 Å². The molecular weight excluding hydrogens is 462 g/mol. The lowest BCUT2D eigenvalue weighted by atomic mass is 9.49. The quantitative estimate of drug-likeness (QED) is 0.586. The molecule has 1 saturated heterocycles. The van der Waals surface area contributed by atoms with Gasteiger partial charge < -0.3 is 20.1 Å². The highest BCUT2D eigenvalue weighted by molar-refractivity contribution is 6.31. The second-order valence-corrected chi connectivity index (χ2v) is 11.4. The Morgan fingerprint density at radius 2 is 1.77 bits per heavy atom. The maximum atomic E-state index is 13.1. The fourth-order valence-corrected chi connectivity index (χ4v) is 6.22. The zero-order valence-corrected chi connectivity index (χ0v) is 21.6. The molecule has 0 spiro atoms. The minimum atomic E-state index is -0.309. The fraction of sp³-hybridized carbons (Fsp3) is 0.500. The zero-order chi connectivity index (χ0) is 25.4. The summed E-state index contributed by atoms with van der Waals surface area (Å²) in [5.41, 5.74) is 1.54. The number of carbonyl (C=O) groups is 1.